The quantitative estimate of drug-likeness (QED) is 0.874. The van der Waals surface area contributed by atoms with Crippen LogP contribution in [0.25, 0.3) is 0 Å². The molecule has 0 saturated heterocycles. The summed E-state index contributed by atoms with van der Waals surface area (Å²) in [5.74, 6) is 0. The summed E-state index contributed by atoms with van der Waals surface area (Å²) in [5.41, 5.74) is 3.47. The number of nitrogens with one attached hydrogen (secondary N) is 1. The minimum Gasteiger partial charge on any atom is -0.306 e. The Bertz CT molecular complexity index is 482. The first kappa shape index (κ1) is 12.7. The Morgan fingerprint density at radius 1 is 1.22 bits per heavy atom. The standard InChI is InChI=1S/C15H19N3/c1-3-7-18-15(14-5-4-8-16-11-14)13-6-9-17-12(2)10-13/h4-6,8-11,15,18H,3,7H2,1-2H3. The van der Waals surface area contributed by atoms with E-state index < -0.39 is 0 Å². The van der Waals surface area contributed by atoms with Gasteiger partial charge in [0, 0.05) is 24.3 Å². The lowest BCUT2D eigenvalue weighted by molar-refractivity contribution is 0.596. The molecule has 0 amide bonds. The number of hydrogen-bond donors (Lipinski definition) is 1. The molecule has 1 atom stereocenters. The van der Waals surface area contributed by atoms with E-state index in [9.17, 15) is 0 Å². The van der Waals surface area contributed by atoms with E-state index in [1.165, 1.54) is 11.1 Å². The van der Waals surface area contributed by atoms with E-state index in [1.54, 1.807) is 6.20 Å². The molecule has 2 rings (SSSR count). The van der Waals surface area contributed by atoms with Crippen LogP contribution in [0, 0.1) is 6.92 Å². The van der Waals surface area contributed by atoms with E-state index in [-0.39, 0.29) is 6.04 Å². The van der Waals surface area contributed by atoms with Gasteiger partial charge in [0.25, 0.3) is 0 Å². The van der Waals surface area contributed by atoms with Crippen LogP contribution in [0.2, 0.25) is 0 Å². The lowest BCUT2D eigenvalue weighted by Gasteiger charge is -2.19. The van der Waals surface area contributed by atoms with Crippen molar-refractivity contribution in [1.29, 1.82) is 0 Å². The van der Waals surface area contributed by atoms with Crippen molar-refractivity contribution >= 4 is 0 Å². The van der Waals surface area contributed by atoms with Gasteiger partial charge in [0.05, 0.1) is 6.04 Å². The van der Waals surface area contributed by atoms with Gasteiger partial charge < -0.3 is 5.32 Å². The van der Waals surface area contributed by atoms with Gasteiger partial charge in [-0.15, -0.1) is 0 Å². The second kappa shape index (κ2) is 6.26. The Kier molecular flexibility index (Phi) is 4.42. The number of hydrogen-bond acceptors (Lipinski definition) is 3. The fourth-order valence-corrected chi connectivity index (χ4v) is 2.01. The maximum absolute atomic E-state index is 4.25. The van der Waals surface area contributed by atoms with Crippen molar-refractivity contribution in [2.75, 3.05) is 6.54 Å². The number of aromatic nitrogens is 2. The van der Waals surface area contributed by atoms with Crippen molar-refractivity contribution in [2.24, 2.45) is 0 Å². The molecule has 0 aliphatic carbocycles. The molecule has 0 radical (unpaired) electrons. The predicted octanol–water partition coefficient (Wildman–Crippen LogP) is 2.87. The number of pyridine rings is 2. The number of nitrogens with zero attached hydrogens (tertiary/aromatic N) is 2. The normalized spacial score (nSPS) is 12.3. The molecule has 0 saturated carbocycles. The van der Waals surface area contributed by atoms with Gasteiger partial charge >= 0.3 is 0 Å². The second-order valence-corrected chi connectivity index (χ2v) is 4.40. The molecule has 1 N–H and O–H groups in total. The van der Waals surface area contributed by atoms with Gasteiger partial charge in [-0.2, -0.15) is 0 Å². The zero-order chi connectivity index (χ0) is 12.8. The fourth-order valence-electron chi connectivity index (χ4n) is 2.01. The highest BCUT2D eigenvalue weighted by Crippen LogP contribution is 2.21. The van der Waals surface area contributed by atoms with Crippen LogP contribution in [0.4, 0.5) is 0 Å². The van der Waals surface area contributed by atoms with Crippen molar-refractivity contribution in [3.8, 4) is 0 Å². The molecule has 2 aromatic heterocycles. The molecular weight excluding hydrogens is 222 g/mol. The van der Waals surface area contributed by atoms with Gasteiger partial charge in [-0.1, -0.05) is 13.0 Å². The summed E-state index contributed by atoms with van der Waals surface area (Å²) in [6.45, 7) is 5.18. The van der Waals surface area contributed by atoms with E-state index in [0.29, 0.717) is 0 Å². The van der Waals surface area contributed by atoms with Crippen LogP contribution in [-0.4, -0.2) is 16.5 Å². The van der Waals surface area contributed by atoms with Crippen LogP contribution >= 0.6 is 0 Å². The first-order chi connectivity index (χ1) is 8.81. The van der Waals surface area contributed by atoms with Crippen molar-refractivity contribution in [3.63, 3.8) is 0 Å². The van der Waals surface area contributed by atoms with Gasteiger partial charge in [-0.3, -0.25) is 9.97 Å². The van der Waals surface area contributed by atoms with Crippen LogP contribution in [0.15, 0.2) is 42.9 Å². The third-order valence-corrected chi connectivity index (χ3v) is 2.87. The maximum Gasteiger partial charge on any atom is 0.0593 e. The highest BCUT2D eigenvalue weighted by molar-refractivity contribution is 5.30. The van der Waals surface area contributed by atoms with Crippen LogP contribution in [-0.2, 0) is 0 Å². The molecule has 0 spiro atoms. The van der Waals surface area contributed by atoms with Crippen molar-refractivity contribution < 1.29 is 0 Å². The van der Waals surface area contributed by atoms with Gasteiger partial charge in [-0.25, -0.2) is 0 Å². The largest absolute Gasteiger partial charge is 0.306 e. The predicted molar refractivity (Wildman–Crippen MR) is 73.3 cm³/mol. The monoisotopic (exact) mass is 241 g/mol. The average molecular weight is 241 g/mol. The summed E-state index contributed by atoms with van der Waals surface area (Å²) < 4.78 is 0. The Hall–Kier alpha value is -1.74. The number of aryl methyl sites for hydroxylation is 1. The first-order valence-corrected chi connectivity index (χ1v) is 6.37. The molecule has 0 aromatic carbocycles. The molecule has 0 aliphatic heterocycles. The van der Waals surface area contributed by atoms with E-state index in [1.807, 2.05) is 25.4 Å². The Morgan fingerprint density at radius 2 is 2.11 bits per heavy atom. The molecule has 0 fully saturated rings. The fraction of sp³-hybridized carbons (Fsp3) is 0.333. The molecule has 0 aliphatic rings. The number of rotatable bonds is 5. The SMILES string of the molecule is CCCNC(c1cccnc1)c1ccnc(C)c1. The minimum atomic E-state index is 0.195. The zero-order valence-electron chi connectivity index (χ0n) is 10.9. The van der Waals surface area contributed by atoms with E-state index in [4.69, 9.17) is 0 Å². The topological polar surface area (TPSA) is 37.8 Å². The van der Waals surface area contributed by atoms with Gasteiger partial charge in [0.1, 0.15) is 0 Å². The Balaban J connectivity index is 2.31. The Labute approximate surface area is 108 Å². The molecule has 18 heavy (non-hydrogen) atoms. The maximum atomic E-state index is 4.25. The molecular formula is C15H19N3. The summed E-state index contributed by atoms with van der Waals surface area (Å²) in [5, 5.41) is 3.56. The van der Waals surface area contributed by atoms with E-state index in [2.05, 4.69) is 40.4 Å². The lowest BCUT2D eigenvalue weighted by Crippen LogP contribution is -2.23. The summed E-state index contributed by atoms with van der Waals surface area (Å²) in [6, 6.07) is 8.47. The van der Waals surface area contributed by atoms with Crippen molar-refractivity contribution in [1.82, 2.24) is 15.3 Å². The van der Waals surface area contributed by atoms with Crippen molar-refractivity contribution in [3.05, 3.63) is 59.7 Å². The van der Waals surface area contributed by atoms with Gasteiger partial charge in [0.2, 0.25) is 0 Å². The minimum absolute atomic E-state index is 0.195. The van der Waals surface area contributed by atoms with Crippen molar-refractivity contribution in [2.45, 2.75) is 26.3 Å². The average Bonchev–Trinajstić information content (AvgIpc) is 2.40. The highest BCUT2D eigenvalue weighted by atomic mass is 14.9. The first-order valence-electron chi connectivity index (χ1n) is 6.37. The van der Waals surface area contributed by atoms with Gasteiger partial charge in [0.15, 0.2) is 0 Å². The van der Waals surface area contributed by atoms with Crippen LogP contribution in [0.5, 0.6) is 0 Å². The molecule has 2 aromatic rings. The van der Waals surface area contributed by atoms with E-state index in [0.717, 1.165) is 18.7 Å². The molecule has 0 bridgehead atoms. The summed E-state index contributed by atoms with van der Waals surface area (Å²) in [7, 11) is 0. The van der Waals surface area contributed by atoms with Gasteiger partial charge in [-0.05, 0) is 49.2 Å². The summed E-state index contributed by atoms with van der Waals surface area (Å²) in [6.07, 6.45) is 6.70. The van der Waals surface area contributed by atoms with Crippen LogP contribution < -0.4 is 5.32 Å². The molecule has 3 heteroatoms. The summed E-state index contributed by atoms with van der Waals surface area (Å²) in [4.78, 5) is 8.46. The van der Waals surface area contributed by atoms with Crippen LogP contribution in [0.1, 0.15) is 36.2 Å². The third-order valence-electron chi connectivity index (χ3n) is 2.87. The highest BCUT2D eigenvalue weighted by Gasteiger charge is 2.13. The second-order valence-electron chi connectivity index (χ2n) is 4.40. The smallest absolute Gasteiger partial charge is 0.0593 e. The molecule has 1 unspecified atom stereocenters. The molecule has 94 valence electrons. The van der Waals surface area contributed by atoms with E-state index >= 15 is 0 Å². The lowest BCUT2D eigenvalue weighted by atomic mass is 10.0. The Morgan fingerprint density at radius 3 is 2.78 bits per heavy atom. The zero-order valence-corrected chi connectivity index (χ0v) is 10.9. The third kappa shape index (κ3) is 3.14. The molecule has 2 heterocycles. The van der Waals surface area contributed by atoms with Crippen LogP contribution in [0.3, 0.4) is 0 Å². The molecule has 3 nitrogen and oxygen atoms in total. The summed E-state index contributed by atoms with van der Waals surface area (Å²) >= 11 is 0.